The quantitative estimate of drug-likeness (QED) is 0.766. The standard InChI is InChI=1S/C13H12ClNO/c1-9-2-4-10(5-3-9)15-13-7-6-11(16)8-12(13)14/h2-8,15-16H,1H3. The fourth-order valence-corrected chi connectivity index (χ4v) is 1.62. The highest BCUT2D eigenvalue weighted by molar-refractivity contribution is 6.33. The van der Waals surface area contributed by atoms with Crippen LogP contribution in [-0.2, 0) is 0 Å². The molecule has 0 saturated carbocycles. The number of phenolic OH excluding ortho intramolecular Hbond substituents is 1. The molecular weight excluding hydrogens is 222 g/mol. The molecule has 0 radical (unpaired) electrons. The lowest BCUT2D eigenvalue weighted by Crippen LogP contribution is -1.90. The number of hydrogen-bond acceptors (Lipinski definition) is 2. The second kappa shape index (κ2) is 4.45. The maximum atomic E-state index is 9.23. The Kier molecular flexibility index (Phi) is 3.02. The molecule has 0 atom stereocenters. The lowest BCUT2D eigenvalue weighted by molar-refractivity contribution is 0.475. The average Bonchev–Trinajstić information content (AvgIpc) is 2.25. The van der Waals surface area contributed by atoms with Crippen LogP contribution < -0.4 is 5.32 Å². The van der Waals surface area contributed by atoms with E-state index in [2.05, 4.69) is 5.32 Å². The Morgan fingerprint density at radius 3 is 2.38 bits per heavy atom. The van der Waals surface area contributed by atoms with Gasteiger partial charge in [-0.25, -0.2) is 0 Å². The van der Waals surface area contributed by atoms with Gasteiger partial charge in [-0.15, -0.1) is 0 Å². The number of aromatic hydroxyl groups is 1. The van der Waals surface area contributed by atoms with Gasteiger partial charge in [0, 0.05) is 11.8 Å². The zero-order valence-electron chi connectivity index (χ0n) is 8.87. The summed E-state index contributed by atoms with van der Waals surface area (Å²) in [5.41, 5.74) is 2.96. The Hall–Kier alpha value is -1.67. The monoisotopic (exact) mass is 233 g/mol. The van der Waals surface area contributed by atoms with Crippen LogP contribution in [0, 0.1) is 6.92 Å². The van der Waals surface area contributed by atoms with E-state index in [1.807, 2.05) is 31.2 Å². The molecule has 0 aliphatic rings. The number of nitrogens with one attached hydrogen (secondary N) is 1. The minimum Gasteiger partial charge on any atom is -0.508 e. The van der Waals surface area contributed by atoms with Gasteiger partial charge in [0.1, 0.15) is 5.75 Å². The van der Waals surface area contributed by atoms with Gasteiger partial charge in [-0.1, -0.05) is 29.3 Å². The Labute approximate surface area is 99.5 Å². The summed E-state index contributed by atoms with van der Waals surface area (Å²) in [5.74, 6) is 0.166. The number of phenols is 1. The molecule has 0 aliphatic heterocycles. The van der Waals surface area contributed by atoms with Crippen LogP contribution in [0.3, 0.4) is 0 Å². The molecule has 0 heterocycles. The molecule has 2 N–H and O–H groups in total. The van der Waals surface area contributed by atoms with Gasteiger partial charge in [-0.2, -0.15) is 0 Å². The van der Waals surface area contributed by atoms with Crippen molar-refractivity contribution in [1.82, 2.24) is 0 Å². The first-order valence-electron chi connectivity index (χ1n) is 4.97. The van der Waals surface area contributed by atoms with Crippen LogP contribution in [-0.4, -0.2) is 5.11 Å². The number of halogens is 1. The van der Waals surface area contributed by atoms with Gasteiger partial charge in [0.15, 0.2) is 0 Å². The number of hydrogen-bond donors (Lipinski definition) is 2. The van der Waals surface area contributed by atoms with Crippen molar-refractivity contribution in [2.75, 3.05) is 5.32 Å². The number of anilines is 2. The lowest BCUT2D eigenvalue weighted by atomic mass is 10.2. The van der Waals surface area contributed by atoms with Crippen LogP contribution in [0.2, 0.25) is 5.02 Å². The van der Waals surface area contributed by atoms with Crippen LogP contribution in [0.1, 0.15) is 5.56 Å². The van der Waals surface area contributed by atoms with E-state index in [-0.39, 0.29) is 5.75 Å². The first-order chi connectivity index (χ1) is 7.65. The topological polar surface area (TPSA) is 32.3 Å². The maximum Gasteiger partial charge on any atom is 0.117 e. The van der Waals surface area contributed by atoms with Crippen molar-refractivity contribution in [1.29, 1.82) is 0 Å². The Balaban J connectivity index is 2.23. The van der Waals surface area contributed by atoms with Gasteiger partial charge in [-0.3, -0.25) is 0 Å². The molecule has 82 valence electrons. The second-order valence-electron chi connectivity index (χ2n) is 3.66. The first kappa shape index (κ1) is 10.8. The molecular formula is C13H12ClNO. The van der Waals surface area contributed by atoms with Crippen LogP contribution in [0.4, 0.5) is 11.4 Å². The second-order valence-corrected chi connectivity index (χ2v) is 4.06. The molecule has 2 nitrogen and oxygen atoms in total. The van der Waals surface area contributed by atoms with Gasteiger partial charge in [-0.05, 0) is 31.2 Å². The molecule has 16 heavy (non-hydrogen) atoms. The fourth-order valence-electron chi connectivity index (χ4n) is 1.40. The van der Waals surface area contributed by atoms with E-state index in [4.69, 9.17) is 11.6 Å². The molecule has 0 spiro atoms. The van der Waals surface area contributed by atoms with Crippen LogP contribution >= 0.6 is 11.6 Å². The van der Waals surface area contributed by atoms with E-state index in [0.29, 0.717) is 5.02 Å². The summed E-state index contributed by atoms with van der Waals surface area (Å²) >= 11 is 5.99. The normalized spacial score (nSPS) is 10.1. The molecule has 2 aromatic rings. The summed E-state index contributed by atoms with van der Waals surface area (Å²) < 4.78 is 0. The van der Waals surface area contributed by atoms with Crippen molar-refractivity contribution in [3.63, 3.8) is 0 Å². The Morgan fingerprint density at radius 1 is 1.06 bits per heavy atom. The van der Waals surface area contributed by atoms with Gasteiger partial charge >= 0.3 is 0 Å². The highest BCUT2D eigenvalue weighted by Gasteiger charge is 2.01. The van der Waals surface area contributed by atoms with Crippen molar-refractivity contribution in [2.45, 2.75) is 6.92 Å². The largest absolute Gasteiger partial charge is 0.508 e. The molecule has 0 fully saturated rings. The zero-order valence-corrected chi connectivity index (χ0v) is 9.62. The smallest absolute Gasteiger partial charge is 0.117 e. The number of benzene rings is 2. The third-order valence-electron chi connectivity index (χ3n) is 2.28. The molecule has 2 rings (SSSR count). The third-order valence-corrected chi connectivity index (χ3v) is 2.60. The van der Waals surface area contributed by atoms with E-state index in [0.717, 1.165) is 11.4 Å². The van der Waals surface area contributed by atoms with Crippen LogP contribution in [0.5, 0.6) is 5.75 Å². The lowest BCUT2D eigenvalue weighted by Gasteiger charge is -2.08. The van der Waals surface area contributed by atoms with E-state index in [1.54, 1.807) is 12.1 Å². The van der Waals surface area contributed by atoms with Crippen molar-refractivity contribution >= 4 is 23.0 Å². The van der Waals surface area contributed by atoms with E-state index in [9.17, 15) is 5.11 Å². The SMILES string of the molecule is Cc1ccc(Nc2ccc(O)cc2Cl)cc1. The van der Waals surface area contributed by atoms with E-state index < -0.39 is 0 Å². The zero-order chi connectivity index (χ0) is 11.5. The molecule has 0 unspecified atom stereocenters. The molecule has 0 saturated heterocycles. The average molecular weight is 234 g/mol. The van der Waals surface area contributed by atoms with Crippen molar-refractivity contribution in [2.24, 2.45) is 0 Å². The molecule has 0 aliphatic carbocycles. The predicted octanol–water partition coefficient (Wildman–Crippen LogP) is 4.10. The minimum atomic E-state index is 0.166. The number of aryl methyl sites for hydroxylation is 1. The molecule has 3 heteroatoms. The van der Waals surface area contributed by atoms with Gasteiger partial charge in [0.25, 0.3) is 0 Å². The highest BCUT2D eigenvalue weighted by atomic mass is 35.5. The summed E-state index contributed by atoms with van der Waals surface area (Å²) in [6, 6.07) is 12.9. The van der Waals surface area contributed by atoms with E-state index in [1.165, 1.54) is 11.6 Å². The summed E-state index contributed by atoms with van der Waals surface area (Å²) in [6.07, 6.45) is 0. The summed E-state index contributed by atoms with van der Waals surface area (Å²) in [5, 5.41) is 12.9. The number of rotatable bonds is 2. The van der Waals surface area contributed by atoms with E-state index >= 15 is 0 Å². The molecule has 0 aromatic heterocycles. The summed E-state index contributed by atoms with van der Waals surface area (Å²) in [6.45, 7) is 2.04. The third kappa shape index (κ3) is 2.47. The van der Waals surface area contributed by atoms with Gasteiger partial charge < -0.3 is 10.4 Å². The van der Waals surface area contributed by atoms with Gasteiger partial charge in [0.05, 0.1) is 10.7 Å². The van der Waals surface area contributed by atoms with Crippen molar-refractivity contribution < 1.29 is 5.11 Å². The minimum absolute atomic E-state index is 0.166. The molecule has 2 aromatic carbocycles. The Bertz CT molecular complexity index is 494. The highest BCUT2D eigenvalue weighted by Crippen LogP contribution is 2.28. The molecule has 0 amide bonds. The fraction of sp³-hybridized carbons (Fsp3) is 0.0769. The van der Waals surface area contributed by atoms with Crippen molar-refractivity contribution in [3.05, 3.63) is 53.1 Å². The van der Waals surface area contributed by atoms with Crippen LogP contribution in [0.25, 0.3) is 0 Å². The van der Waals surface area contributed by atoms with Crippen molar-refractivity contribution in [3.8, 4) is 5.75 Å². The van der Waals surface area contributed by atoms with Crippen LogP contribution in [0.15, 0.2) is 42.5 Å². The summed E-state index contributed by atoms with van der Waals surface area (Å²) in [7, 11) is 0. The van der Waals surface area contributed by atoms with Gasteiger partial charge in [0.2, 0.25) is 0 Å². The molecule has 0 bridgehead atoms. The maximum absolute atomic E-state index is 9.23. The Morgan fingerprint density at radius 2 is 1.75 bits per heavy atom. The first-order valence-corrected chi connectivity index (χ1v) is 5.35. The predicted molar refractivity (Wildman–Crippen MR) is 67.6 cm³/mol. The summed E-state index contributed by atoms with van der Waals surface area (Å²) in [4.78, 5) is 0.